The Labute approximate surface area is 99.0 Å². The first-order valence-electron chi connectivity index (χ1n) is 5.61. The molecule has 1 atom stereocenters. The third kappa shape index (κ3) is 2.84. The van der Waals surface area contributed by atoms with Crippen LogP contribution in [-0.4, -0.2) is 17.1 Å². The number of hydrogen-bond donors (Lipinski definition) is 2. The molecule has 17 heavy (non-hydrogen) atoms. The molecule has 1 unspecified atom stereocenters. The van der Waals surface area contributed by atoms with Crippen LogP contribution in [0.15, 0.2) is 30.4 Å². The highest BCUT2D eigenvalue weighted by molar-refractivity contribution is 5.97. The maximum Gasteiger partial charge on any atom is 0.255 e. The van der Waals surface area contributed by atoms with Crippen molar-refractivity contribution in [3.8, 4) is 5.75 Å². The lowest BCUT2D eigenvalue weighted by Gasteiger charge is -2.19. The second-order valence-electron chi connectivity index (χ2n) is 4.12. The second kappa shape index (κ2) is 4.99. The quantitative estimate of drug-likeness (QED) is 0.773. The van der Waals surface area contributed by atoms with Gasteiger partial charge >= 0.3 is 0 Å². The number of benzene rings is 1. The van der Waals surface area contributed by atoms with Crippen molar-refractivity contribution in [1.29, 1.82) is 0 Å². The minimum Gasteiger partial charge on any atom is -0.507 e. The van der Waals surface area contributed by atoms with Crippen molar-refractivity contribution >= 4 is 5.91 Å². The number of halogens is 1. The molecule has 90 valence electrons. The van der Waals surface area contributed by atoms with E-state index in [-0.39, 0.29) is 17.4 Å². The van der Waals surface area contributed by atoms with Crippen molar-refractivity contribution in [1.82, 2.24) is 5.32 Å². The first-order valence-corrected chi connectivity index (χ1v) is 5.61. The molecule has 0 aromatic heterocycles. The monoisotopic (exact) mass is 235 g/mol. The Kier molecular flexibility index (Phi) is 3.42. The average Bonchev–Trinajstić information content (AvgIpc) is 2.33. The molecule has 1 aliphatic carbocycles. The molecule has 3 nitrogen and oxygen atoms in total. The fourth-order valence-corrected chi connectivity index (χ4v) is 1.88. The zero-order valence-corrected chi connectivity index (χ0v) is 9.32. The van der Waals surface area contributed by atoms with Gasteiger partial charge in [-0.3, -0.25) is 4.79 Å². The van der Waals surface area contributed by atoms with E-state index in [2.05, 4.69) is 11.4 Å². The standard InChI is InChI=1S/C13H14FNO2/c14-9-6-7-12(16)11(8-9)13(17)15-10-4-2-1-3-5-10/h1-2,6-8,10,16H,3-5H2,(H,15,17). The number of hydrogen-bond acceptors (Lipinski definition) is 2. The fraction of sp³-hybridized carbons (Fsp3) is 0.308. The lowest BCUT2D eigenvalue weighted by Crippen LogP contribution is -2.35. The predicted molar refractivity (Wildman–Crippen MR) is 62.3 cm³/mol. The zero-order chi connectivity index (χ0) is 12.3. The molecule has 0 aliphatic heterocycles. The molecule has 0 saturated carbocycles. The molecule has 0 spiro atoms. The molecule has 1 aromatic rings. The molecule has 2 rings (SSSR count). The van der Waals surface area contributed by atoms with E-state index in [1.54, 1.807) is 0 Å². The van der Waals surface area contributed by atoms with Gasteiger partial charge in [0.25, 0.3) is 5.91 Å². The van der Waals surface area contributed by atoms with E-state index in [9.17, 15) is 14.3 Å². The number of amides is 1. The molecule has 0 bridgehead atoms. The van der Waals surface area contributed by atoms with Gasteiger partial charge in [0.05, 0.1) is 5.56 Å². The van der Waals surface area contributed by atoms with Crippen LogP contribution in [-0.2, 0) is 0 Å². The molecule has 1 aliphatic rings. The fourth-order valence-electron chi connectivity index (χ4n) is 1.88. The van der Waals surface area contributed by atoms with Crippen LogP contribution < -0.4 is 5.32 Å². The summed E-state index contributed by atoms with van der Waals surface area (Å²) in [6, 6.07) is 3.42. The second-order valence-corrected chi connectivity index (χ2v) is 4.12. The first kappa shape index (κ1) is 11.6. The molecular formula is C13H14FNO2. The van der Waals surface area contributed by atoms with Crippen molar-refractivity contribution in [3.05, 3.63) is 41.7 Å². The summed E-state index contributed by atoms with van der Waals surface area (Å²) in [6.45, 7) is 0. The van der Waals surface area contributed by atoms with E-state index in [4.69, 9.17) is 0 Å². The Hall–Kier alpha value is -1.84. The first-order chi connectivity index (χ1) is 8.16. The Morgan fingerprint density at radius 2 is 2.24 bits per heavy atom. The van der Waals surface area contributed by atoms with Gasteiger partial charge in [-0.25, -0.2) is 4.39 Å². The van der Waals surface area contributed by atoms with Crippen LogP contribution in [0.4, 0.5) is 4.39 Å². The highest BCUT2D eigenvalue weighted by atomic mass is 19.1. The van der Waals surface area contributed by atoms with Crippen LogP contribution in [0.25, 0.3) is 0 Å². The number of phenolic OH excluding ortho intramolecular Hbond substituents is 1. The number of aromatic hydroxyl groups is 1. The molecule has 4 heteroatoms. The molecule has 2 N–H and O–H groups in total. The van der Waals surface area contributed by atoms with E-state index in [0.717, 1.165) is 31.4 Å². The van der Waals surface area contributed by atoms with E-state index in [1.807, 2.05) is 6.08 Å². The van der Waals surface area contributed by atoms with Crippen LogP contribution in [0.5, 0.6) is 5.75 Å². The molecule has 1 aromatic carbocycles. The van der Waals surface area contributed by atoms with Gasteiger partial charge in [0, 0.05) is 6.04 Å². The normalized spacial score (nSPS) is 19.0. The number of carbonyl (C=O) groups is 1. The zero-order valence-electron chi connectivity index (χ0n) is 9.32. The van der Waals surface area contributed by atoms with Gasteiger partial charge in [-0.1, -0.05) is 12.2 Å². The van der Waals surface area contributed by atoms with Crippen LogP contribution >= 0.6 is 0 Å². The van der Waals surface area contributed by atoms with E-state index < -0.39 is 11.7 Å². The summed E-state index contributed by atoms with van der Waals surface area (Å²) in [4.78, 5) is 11.8. The minimum atomic E-state index is -0.531. The van der Waals surface area contributed by atoms with Gasteiger partial charge < -0.3 is 10.4 Å². The number of carbonyl (C=O) groups excluding carboxylic acids is 1. The lowest BCUT2D eigenvalue weighted by atomic mass is 10.0. The minimum absolute atomic E-state index is 0.0143. The van der Waals surface area contributed by atoms with Gasteiger partial charge in [0.1, 0.15) is 11.6 Å². The van der Waals surface area contributed by atoms with Crippen molar-refractivity contribution in [2.24, 2.45) is 0 Å². The SMILES string of the molecule is O=C(NC1CC=CCC1)c1cc(F)ccc1O. The summed E-state index contributed by atoms with van der Waals surface area (Å²) < 4.78 is 13.0. The maximum absolute atomic E-state index is 13.0. The van der Waals surface area contributed by atoms with Crippen LogP contribution in [0.1, 0.15) is 29.6 Å². The van der Waals surface area contributed by atoms with Gasteiger partial charge in [0.15, 0.2) is 0 Å². The predicted octanol–water partition coefficient (Wildman–Crippen LogP) is 2.37. The number of rotatable bonds is 2. The van der Waals surface area contributed by atoms with Crippen LogP contribution in [0.2, 0.25) is 0 Å². The van der Waals surface area contributed by atoms with Gasteiger partial charge in [-0.15, -0.1) is 0 Å². The molecular weight excluding hydrogens is 221 g/mol. The molecule has 0 fully saturated rings. The van der Waals surface area contributed by atoms with E-state index >= 15 is 0 Å². The summed E-state index contributed by atoms with van der Waals surface area (Å²) in [7, 11) is 0. The van der Waals surface area contributed by atoms with E-state index in [0.29, 0.717) is 0 Å². The Morgan fingerprint density at radius 1 is 1.41 bits per heavy atom. The van der Waals surface area contributed by atoms with Crippen molar-refractivity contribution in [3.63, 3.8) is 0 Å². The summed E-state index contributed by atoms with van der Waals surface area (Å²) in [5.74, 6) is -1.16. The third-order valence-corrected chi connectivity index (χ3v) is 2.81. The molecule has 0 saturated heterocycles. The maximum atomic E-state index is 13.0. The highest BCUT2D eigenvalue weighted by Gasteiger charge is 2.17. The van der Waals surface area contributed by atoms with Crippen molar-refractivity contribution in [2.45, 2.75) is 25.3 Å². The van der Waals surface area contributed by atoms with Crippen LogP contribution in [0.3, 0.4) is 0 Å². The topological polar surface area (TPSA) is 49.3 Å². The summed E-state index contributed by atoms with van der Waals surface area (Å²) in [5, 5.41) is 12.3. The third-order valence-electron chi connectivity index (χ3n) is 2.81. The summed E-state index contributed by atoms with van der Waals surface area (Å²) in [5.41, 5.74) is -0.0143. The van der Waals surface area contributed by atoms with Gasteiger partial charge in [0.2, 0.25) is 0 Å². The lowest BCUT2D eigenvalue weighted by molar-refractivity contribution is 0.0931. The largest absolute Gasteiger partial charge is 0.507 e. The van der Waals surface area contributed by atoms with Gasteiger partial charge in [-0.2, -0.15) is 0 Å². The molecule has 1 amide bonds. The molecule has 0 heterocycles. The average molecular weight is 235 g/mol. The Morgan fingerprint density at radius 3 is 2.94 bits per heavy atom. The summed E-state index contributed by atoms with van der Waals surface area (Å²) in [6.07, 6.45) is 6.67. The van der Waals surface area contributed by atoms with Crippen molar-refractivity contribution in [2.75, 3.05) is 0 Å². The Bertz CT molecular complexity index is 457. The smallest absolute Gasteiger partial charge is 0.255 e. The van der Waals surface area contributed by atoms with Crippen LogP contribution in [0, 0.1) is 5.82 Å². The molecule has 0 radical (unpaired) electrons. The number of allylic oxidation sites excluding steroid dienone is 1. The summed E-state index contributed by atoms with van der Waals surface area (Å²) >= 11 is 0. The highest BCUT2D eigenvalue weighted by Crippen LogP contribution is 2.19. The van der Waals surface area contributed by atoms with Gasteiger partial charge in [-0.05, 0) is 37.5 Å². The number of nitrogens with one attached hydrogen (secondary N) is 1. The Balaban J connectivity index is 2.08. The van der Waals surface area contributed by atoms with Crippen molar-refractivity contribution < 1.29 is 14.3 Å². The van der Waals surface area contributed by atoms with E-state index in [1.165, 1.54) is 6.07 Å². The number of phenols is 1.